The molecular weight excluding hydrogens is 316 g/mol. The Kier molecular flexibility index (Phi) is 4.96. The maximum atomic E-state index is 13.9. The zero-order valence-electron chi connectivity index (χ0n) is 13.7. The van der Waals surface area contributed by atoms with Gasteiger partial charge in [0.1, 0.15) is 6.29 Å². The van der Waals surface area contributed by atoms with Gasteiger partial charge in [0.15, 0.2) is 0 Å². The fourth-order valence-electron chi connectivity index (χ4n) is 3.35. The van der Waals surface area contributed by atoms with E-state index in [9.17, 15) is 13.6 Å². The molecule has 0 spiro atoms. The Morgan fingerprint density at radius 1 is 1.29 bits per heavy atom. The number of benzene rings is 1. The Hall–Kier alpha value is -1.79. The molecule has 1 aromatic carbocycles. The number of hydrogen-bond donors (Lipinski definition) is 0. The molecule has 1 aliphatic carbocycles. The molecule has 0 unspecified atom stereocenters. The summed E-state index contributed by atoms with van der Waals surface area (Å²) in [5, 5.41) is 0.755. The molecule has 0 saturated carbocycles. The van der Waals surface area contributed by atoms with E-state index in [0.717, 1.165) is 22.9 Å². The molecular formula is C18H21F2NO3. The number of alkyl halides is 2. The van der Waals surface area contributed by atoms with E-state index in [-0.39, 0.29) is 12.8 Å². The predicted octanol–water partition coefficient (Wildman–Crippen LogP) is 3.24. The third-order valence-electron chi connectivity index (χ3n) is 4.50. The summed E-state index contributed by atoms with van der Waals surface area (Å²) in [5.41, 5.74) is 3.00. The van der Waals surface area contributed by atoms with E-state index in [1.807, 2.05) is 6.07 Å². The topological polar surface area (TPSA) is 40.5 Å². The van der Waals surface area contributed by atoms with Crippen LogP contribution in [-0.2, 0) is 28.9 Å². The molecule has 1 aromatic heterocycles. The highest BCUT2D eigenvalue weighted by Crippen LogP contribution is 2.38. The maximum absolute atomic E-state index is 13.9. The lowest BCUT2D eigenvalue weighted by molar-refractivity contribution is -0.0127. The van der Waals surface area contributed by atoms with Gasteiger partial charge in [-0.25, -0.2) is 8.78 Å². The van der Waals surface area contributed by atoms with Crippen molar-refractivity contribution in [1.82, 2.24) is 4.57 Å². The normalized spacial score (nSPS) is 16.3. The predicted molar refractivity (Wildman–Crippen MR) is 87.0 cm³/mol. The van der Waals surface area contributed by atoms with Crippen LogP contribution in [0.25, 0.3) is 10.9 Å². The van der Waals surface area contributed by atoms with Gasteiger partial charge in [0.25, 0.3) is 5.92 Å². The van der Waals surface area contributed by atoms with E-state index in [1.165, 1.54) is 0 Å². The van der Waals surface area contributed by atoms with E-state index >= 15 is 0 Å². The monoisotopic (exact) mass is 337 g/mol. The van der Waals surface area contributed by atoms with Gasteiger partial charge in [0.2, 0.25) is 0 Å². The molecule has 0 aliphatic heterocycles. The standard InChI is InChI=1S/C18H21F2NO3/c1-23-8-9-24-7-6-21-16-3-2-13(12-22)10-14(16)15-11-18(19,20)5-4-17(15)21/h2-3,10,12H,4-9,11H2,1H3. The van der Waals surface area contributed by atoms with Crippen LogP contribution in [0, 0.1) is 0 Å². The fraction of sp³-hybridized carbons (Fsp3) is 0.500. The number of aldehydes is 1. The molecule has 24 heavy (non-hydrogen) atoms. The highest BCUT2D eigenvalue weighted by molar-refractivity contribution is 5.91. The Morgan fingerprint density at radius 3 is 2.88 bits per heavy atom. The highest BCUT2D eigenvalue weighted by Gasteiger charge is 2.37. The first-order valence-electron chi connectivity index (χ1n) is 8.09. The molecule has 4 nitrogen and oxygen atoms in total. The first-order chi connectivity index (χ1) is 11.6. The first kappa shape index (κ1) is 17.0. The van der Waals surface area contributed by atoms with E-state index in [1.54, 1.807) is 19.2 Å². The summed E-state index contributed by atoms with van der Waals surface area (Å²) >= 11 is 0. The zero-order chi connectivity index (χ0) is 17.2. The minimum Gasteiger partial charge on any atom is -0.382 e. The fourth-order valence-corrected chi connectivity index (χ4v) is 3.35. The summed E-state index contributed by atoms with van der Waals surface area (Å²) in [4.78, 5) is 11.0. The molecule has 0 atom stereocenters. The minimum atomic E-state index is -2.68. The van der Waals surface area contributed by atoms with E-state index in [2.05, 4.69) is 4.57 Å². The lowest BCUT2D eigenvalue weighted by Crippen LogP contribution is -2.27. The molecule has 0 radical (unpaired) electrons. The summed E-state index contributed by atoms with van der Waals surface area (Å²) in [6, 6.07) is 5.27. The van der Waals surface area contributed by atoms with Crippen molar-refractivity contribution < 1.29 is 23.0 Å². The van der Waals surface area contributed by atoms with Crippen molar-refractivity contribution in [3.05, 3.63) is 35.0 Å². The Labute approximate surface area is 139 Å². The summed E-state index contributed by atoms with van der Waals surface area (Å²) in [6.07, 6.45) is 0.684. The van der Waals surface area contributed by atoms with Gasteiger partial charge in [0, 0.05) is 48.7 Å². The van der Waals surface area contributed by atoms with Crippen LogP contribution in [0.3, 0.4) is 0 Å². The number of nitrogens with zero attached hydrogens (tertiary/aromatic N) is 1. The number of aromatic nitrogens is 1. The van der Waals surface area contributed by atoms with Crippen LogP contribution in [0.2, 0.25) is 0 Å². The molecule has 0 N–H and O–H groups in total. The Bertz CT molecular complexity index is 739. The highest BCUT2D eigenvalue weighted by atomic mass is 19.3. The molecule has 0 saturated heterocycles. The van der Waals surface area contributed by atoms with Gasteiger partial charge in [-0.1, -0.05) is 0 Å². The third kappa shape index (κ3) is 3.35. The molecule has 1 aliphatic rings. The van der Waals surface area contributed by atoms with Crippen LogP contribution >= 0.6 is 0 Å². The van der Waals surface area contributed by atoms with Crippen molar-refractivity contribution in [2.75, 3.05) is 26.9 Å². The van der Waals surface area contributed by atoms with Crippen LogP contribution in [0.15, 0.2) is 18.2 Å². The van der Waals surface area contributed by atoms with Gasteiger partial charge in [-0.3, -0.25) is 4.79 Å². The number of ether oxygens (including phenoxy) is 2. The number of carbonyl (C=O) groups excluding carboxylic acids is 1. The van der Waals surface area contributed by atoms with E-state index in [0.29, 0.717) is 43.9 Å². The summed E-state index contributed by atoms with van der Waals surface area (Å²) in [5.74, 6) is -2.68. The van der Waals surface area contributed by atoms with E-state index in [4.69, 9.17) is 9.47 Å². The smallest absolute Gasteiger partial charge is 0.252 e. The van der Waals surface area contributed by atoms with Crippen molar-refractivity contribution in [3.8, 4) is 0 Å². The number of methoxy groups -OCH3 is 1. The minimum absolute atomic E-state index is 0.138. The zero-order valence-corrected chi connectivity index (χ0v) is 13.7. The summed E-state index contributed by atoms with van der Waals surface area (Å²) < 4.78 is 40.3. The SMILES string of the molecule is COCCOCCn1c2c(c3cc(C=O)ccc31)CC(F)(F)CC2. The molecule has 6 heteroatoms. The lowest BCUT2D eigenvalue weighted by atomic mass is 9.92. The number of carbonyl (C=O) groups is 1. The van der Waals surface area contributed by atoms with Crippen LogP contribution in [0.1, 0.15) is 28.0 Å². The average Bonchev–Trinajstić information content (AvgIpc) is 2.86. The second kappa shape index (κ2) is 6.99. The maximum Gasteiger partial charge on any atom is 0.252 e. The summed E-state index contributed by atoms with van der Waals surface area (Å²) in [6.45, 7) is 2.12. The van der Waals surface area contributed by atoms with Crippen molar-refractivity contribution in [3.63, 3.8) is 0 Å². The number of halogens is 2. The van der Waals surface area contributed by atoms with Crippen molar-refractivity contribution in [1.29, 1.82) is 0 Å². The molecule has 130 valence electrons. The van der Waals surface area contributed by atoms with Crippen molar-refractivity contribution in [2.45, 2.75) is 31.7 Å². The number of fused-ring (bicyclic) bond motifs is 3. The van der Waals surface area contributed by atoms with Crippen LogP contribution in [-0.4, -0.2) is 43.7 Å². The van der Waals surface area contributed by atoms with Gasteiger partial charge >= 0.3 is 0 Å². The second-order valence-electron chi connectivity index (χ2n) is 6.11. The molecule has 0 fully saturated rings. The van der Waals surface area contributed by atoms with Gasteiger partial charge in [-0.15, -0.1) is 0 Å². The van der Waals surface area contributed by atoms with E-state index < -0.39 is 5.92 Å². The van der Waals surface area contributed by atoms with Crippen LogP contribution in [0.5, 0.6) is 0 Å². The van der Waals surface area contributed by atoms with Crippen molar-refractivity contribution >= 4 is 17.2 Å². The molecule has 2 aromatic rings. The lowest BCUT2D eigenvalue weighted by Gasteiger charge is -2.23. The molecule has 3 rings (SSSR count). The number of rotatable bonds is 7. The Morgan fingerprint density at radius 2 is 2.12 bits per heavy atom. The Balaban J connectivity index is 1.94. The van der Waals surface area contributed by atoms with Crippen molar-refractivity contribution in [2.24, 2.45) is 0 Å². The van der Waals surface area contributed by atoms with Gasteiger partial charge in [-0.2, -0.15) is 0 Å². The largest absolute Gasteiger partial charge is 0.382 e. The van der Waals surface area contributed by atoms with Gasteiger partial charge < -0.3 is 14.0 Å². The molecule has 0 bridgehead atoms. The molecule has 0 amide bonds. The number of hydrogen-bond acceptors (Lipinski definition) is 3. The average molecular weight is 337 g/mol. The second-order valence-corrected chi connectivity index (χ2v) is 6.11. The first-order valence-corrected chi connectivity index (χ1v) is 8.09. The third-order valence-corrected chi connectivity index (χ3v) is 4.50. The van der Waals surface area contributed by atoms with Crippen LogP contribution < -0.4 is 0 Å². The van der Waals surface area contributed by atoms with Gasteiger partial charge in [0.05, 0.1) is 19.8 Å². The quantitative estimate of drug-likeness (QED) is 0.575. The molecule has 1 heterocycles. The van der Waals surface area contributed by atoms with Gasteiger partial charge in [-0.05, 0) is 30.2 Å². The summed E-state index contributed by atoms with van der Waals surface area (Å²) in [7, 11) is 1.62. The van der Waals surface area contributed by atoms with Crippen LogP contribution in [0.4, 0.5) is 8.78 Å².